The van der Waals surface area contributed by atoms with Crippen molar-refractivity contribution in [1.29, 1.82) is 0 Å². The molecule has 0 amide bonds. The van der Waals surface area contributed by atoms with E-state index in [1.807, 2.05) is 177 Å². The number of piperidine rings is 1. The van der Waals surface area contributed by atoms with E-state index in [9.17, 15) is 0 Å². The number of fused-ring (bicyclic) bond motifs is 10. The van der Waals surface area contributed by atoms with Crippen LogP contribution >= 0.6 is 0 Å². The summed E-state index contributed by atoms with van der Waals surface area (Å²) >= 11 is 0. The molecule has 0 unspecified atom stereocenters. The summed E-state index contributed by atoms with van der Waals surface area (Å²) in [6, 6.07) is 105. The Morgan fingerprint density at radius 1 is 0.280 bits per heavy atom. The second kappa shape index (κ2) is 42.9. The first-order chi connectivity index (χ1) is 74.1. The van der Waals surface area contributed by atoms with E-state index >= 15 is 0 Å². The fourth-order valence-corrected chi connectivity index (χ4v) is 20.8. The highest BCUT2D eigenvalue weighted by Crippen LogP contribution is 2.40. The summed E-state index contributed by atoms with van der Waals surface area (Å²) in [5.74, 6) is 0.919. The highest BCUT2D eigenvalue weighted by atomic mass is 16.5. The maximum atomic E-state index is 5.99. The number of aryl methyl sites for hydroxylation is 2. The Hall–Kier alpha value is -18.2. The number of likely N-dealkylation sites (N-methyl/N-ethyl adjacent to an activating group) is 1. The fraction of sp³-hybridized carbons (Fsp3) is 0.150. The normalized spacial score (nSPS) is 13.5. The maximum absolute atomic E-state index is 5.99. The average molecular weight is 1960 g/mol. The Balaban J connectivity index is 0.000000100. The number of benzene rings is 10. The van der Waals surface area contributed by atoms with E-state index in [1.165, 1.54) is 66.0 Å². The molecule has 15 aromatic heterocycles. The second-order valence-electron chi connectivity index (χ2n) is 38.4. The number of para-hydroxylation sites is 5. The lowest BCUT2D eigenvalue weighted by Crippen LogP contribution is -2.46. The van der Waals surface area contributed by atoms with Gasteiger partial charge in [-0.15, -0.1) is 0 Å². The van der Waals surface area contributed by atoms with Crippen molar-refractivity contribution in [2.75, 3.05) is 94.9 Å². The Kier molecular flexibility index (Phi) is 26.9. The van der Waals surface area contributed by atoms with Gasteiger partial charge in [-0.1, -0.05) is 213 Å². The van der Waals surface area contributed by atoms with Gasteiger partial charge in [-0.25, -0.2) is 33.5 Å². The number of nitrogens with one attached hydrogen (secondary N) is 1. The van der Waals surface area contributed by atoms with Gasteiger partial charge in [-0.05, 0) is 212 Å². The number of piperazine rings is 2. The van der Waals surface area contributed by atoms with Gasteiger partial charge in [-0.3, -0.25) is 34.2 Å². The molecule has 0 bridgehead atoms. The van der Waals surface area contributed by atoms with Crippen LogP contribution in [0.15, 0.2) is 415 Å². The third kappa shape index (κ3) is 19.9. The van der Waals surface area contributed by atoms with Crippen LogP contribution in [0.5, 0.6) is 5.75 Å². The first kappa shape index (κ1) is 94.1. The number of hydrogen-bond acceptors (Lipinski definition) is 18. The molecule has 3 fully saturated rings. The summed E-state index contributed by atoms with van der Waals surface area (Å²) < 4.78 is 15.9. The standard InChI is InChI=1S/C29H28N4O.C27H26N6.C26H23N5.C23H17N3.C22H16N4/c1-4-15-32(16-5-1)18-19-34-24-10-8-22(9-11-24)23-20-31-29-27(13-17-33(29)21-23)25-12-14-30-28-7-3-2-6-26(25)28;1-2-31-13-15-32(16-14-31)22-9-7-20(8-10-22)21-17-29-27-25(18-30-33(27)19-21)23-11-12-28-26-6-4-3-5-24(23)26;1-2-4-25-23(3-1)22(11-12-28-25)24-17-29-31-18-20(7-10-26(24)31)19-5-8-21(9-6-19)30-15-13-27-14-16-30;1-16-6-8-17(9-7-16)18-10-11-23-21(14-25-26(23)15-18)19-12-13-24-22-5-3-2-4-20(19)22;1-15-6-8-16(9-7-15)17-12-24-22-21(25-14-26(22)13-17)19-10-11-23-20-5-3-2-4-18(19)20/h2-3,6-14,17,20-21H,1,4-5,15-16,18-19H2;3-12,17-19H,2,13-16H2,1H3;1-12,17-18,27H,13-16H2;2-15H,1H3;2-14H,1H3. The molecule has 0 radical (unpaired) electrons. The van der Waals surface area contributed by atoms with Gasteiger partial charge >= 0.3 is 0 Å². The van der Waals surface area contributed by atoms with Crippen LogP contribution in [0.1, 0.15) is 37.3 Å². The van der Waals surface area contributed by atoms with Crippen molar-refractivity contribution in [3.8, 4) is 117 Å². The SMILES string of the molecule is CCN1CCN(c2ccc(-c3cnc4c(-c5ccnc6ccccc56)cnn4c3)cc2)CC1.Cc1ccc(-c2ccc3c(-c4ccnc5ccccc45)cnn3c2)cc1.Cc1ccc(-c2cnc3c(-c4ccnc5ccccc45)ncn3c2)cc1.c1ccc2c(-c3ccn4cc(-c5ccc(OCCN6CCCCC6)cc5)cnc34)ccnc2c1.c1ccc2c(-c3cnn4cc(-c5ccc(N6CCNCC6)cc5)ccc34)ccnc2c1. The molecule has 23 heteroatoms. The van der Waals surface area contributed by atoms with E-state index in [4.69, 9.17) is 19.7 Å². The zero-order chi connectivity index (χ0) is 101. The highest BCUT2D eigenvalue weighted by molar-refractivity contribution is 6.03. The summed E-state index contributed by atoms with van der Waals surface area (Å²) in [6.07, 6.45) is 39.2. The van der Waals surface area contributed by atoms with E-state index in [0.29, 0.717) is 0 Å². The van der Waals surface area contributed by atoms with Crippen LogP contribution in [-0.4, -0.2) is 177 Å². The molecule has 28 rings (SSSR count). The Labute approximate surface area is 868 Å². The quantitative estimate of drug-likeness (QED) is 0.0898. The number of imidazole rings is 1. The first-order valence-electron chi connectivity index (χ1n) is 51.6. The summed E-state index contributed by atoms with van der Waals surface area (Å²) in [5.41, 5.74) is 37.1. The maximum Gasteiger partial charge on any atom is 0.164 e. The number of rotatable bonds is 17. The van der Waals surface area contributed by atoms with Crippen molar-refractivity contribution in [1.82, 2.24) is 97.6 Å². The molecule has 3 saturated heterocycles. The zero-order valence-corrected chi connectivity index (χ0v) is 83.9. The predicted octanol–water partition coefficient (Wildman–Crippen LogP) is 25.9. The fourth-order valence-electron chi connectivity index (χ4n) is 20.8. The lowest BCUT2D eigenvalue weighted by atomic mass is 10.0. The van der Waals surface area contributed by atoms with Crippen LogP contribution in [0.3, 0.4) is 0 Å². The average Bonchev–Trinajstić information content (AvgIpc) is 1.61. The molecule has 150 heavy (non-hydrogen) atoms. The van der Waals surface area contributed by atoms with Crippen molar-refractivity contribution < 1.29 is 4.74 Å². The number of pyridine rings is 7. The molecule has 23 nitrogen and oxygen atoms in total. The Morgan fingerprint density at radius 3 is 1.16 bits per heavy atom. The molecule has 0 aliphatic carbocycles. The van der Waals surface area contributed by atoms with Gasteiger partial charge in [0.25, 0.3) is 0 Å². The van der Waals surface area contributed by atoms with Gasteiger partial charge in [0.1, 0.15) is 30.0 Å². The van der Waals surface area contributed by atoms with Crippen molar-refractivity contribution >= 4 is 93.9 Å². The summed E-state index contributed by atoms with van der Waals surface area (Å²) in [5, 5.41) is 22.9. The van der Waals surface area contributed by atoms with Gasteiger partial charge < -0.3 is 29.2 Å². The van der Waals surface area contributed by atoms with E-state index in [1.54, 1.807) is 0 Å². The molecule has 10 aromatic carbocycles. The number of likely N-dealkylation sites (tertiary alicyclic amines) is 1. The number of ether oxygens (including phenoxy) is 1. The topological polar surface area (TPSA) is 211 Å². The van der Waals surface area contributed by atoms with Crippen molar-refractivity contribution in [3.05, 3.63) is 426 Å². The molecular weight excluding hydrogens is 1850 g/mol. The van der Waals surface area contributed by atoms with Crippen LogP contribution in [0, 0.1) is 13.8 Å². The third-order valence-electron chi connectivity index (χ3n) is 29.1. The Morgan fingerprint density at radius 2 is 0.667 bits per heavy atom. The van der Waals surface area contributed by atoms with Crippen LogP contribution < -0.4 is 19.9 Å². The van der Waals surface area contributed by atoms with Crippen LogP contribution in [-0.2, 0) is 0 Å². The molecule has 0 saturated carbocycles. The van der Waals surface area contributed by atoms with Gasteiger partial charge in [0, 0.05) is 240 Å². The zero-order valence-electron chi connectivity index (χ0n) is 83.9. The van der Waals surface area contributed by atoms with Crippen LogP contribution in [0.4, 0.5) is 11.4 Å². The van der Waals surface area contributed by atoms with E-state index < -0.39 is 0 Å². The van der Waals surface area contributed by atoms with Crippen molar-refractivity contribution in [2.24, 2.45) is 0 Å². The van der Waals surface area contributed by atoms with E-state index in [-0.39, 0.29) is 0 Å². The lowest BCUT2D eigenvalue weighted by molar-refractivity contribution is 0.183. The first-order valence-corrected chi connectivity index (χ1v) is 51.6. The molecule has 0 atom stereocenters. The van der Waals surface area contributed by atoms with E-state index in [2.05, 4.69) is 351 Å². The summed E-state index contributed by atoms with van der Waals surface area (Å²) in [7, 11) is 0. The summed E-state index contributed by atoms with van der Waals surface area (Å²) in [4.78, 5) is 51.2. The highest BCUT2D eigenvalue weighted by Gasteiger charge is 2.23. The van der Waals surface area contributed by atoms with Gasteiger partial charge in [-0.2, -0.15) is 15.3 Å². The molecule has 18 heterocycles. The minimum Gasteiger partial charge on any atom is -0.492 e. The predicted molar refractivity (Wildman–Crippen MR) is 607 cm³/mol. The van der Waals surface area contributed by atoms with Gasteiger partial charge in [0.15, 0.2) is 11.3 Å². The smallest absolute Gasteiger partial charge is 0.164 e. The van der Waals surface area contributed by atoms with Crippen molar-refractivity contribution in [2.45, 2.75) is 40.0 Å². The molecule has 3 aliphatic rings. The largest absolute Gasteiger partial charge is 0.492 e. The molecule has 3 aliphatic heterocycles. The monoisotopic (exact) mass is 1960 g/mol. The van der Waals surface area contributed by atoms with Gasteiger partial charge in [0.05, 0.1) is 57.2 Å². The van der Waals surface area contributed by atoms with E-state index in [0.717, 1.165) is 261 Å². The number of aromatic nitrogens is 17. The Bertz CT molecular complexity index is 8890. The van der Waals surface area contributed by atoms with Crippen LogP contribution in [0.25, 0.3) is 194 Å². The molecule has 25 aromatic rings. The number of nitrogens with zero attached hydrogens (tertiary/aromatic N) is 21. The van der Waals surface area contributed by atoms with Gasteiger partial charge in [0.2, 0.25) is 0 Å². The minimum absolute atomic E-state index is 0.739. The lowest BCUT2D eigenvalue weighted by Gasteiger charge is -2.35. The van der Waals surface area contributed by atoms with Crippen LogP contribution in [0.2, 0.25) is 0 Å². The second-order valence-corrected chi connectivity index (χ2v) is 38.4. The molecule has 0 spiro atoms. The third-order valence-corrected chi connectivity index (χ3v) is 29.1. The molecular formula is C127H110N22O. The molecule has 734 valence electrons. The number of hydrogen-bond donors (Lipinski definition) is 1. The minimum atomic E-state index is 0.739. The summed E-state index contributed by atoms with van der Waals surface area (Å²) in [6.45, 7) is 20.4. The number of anilines is 2. The molecule has 1 N–H and O–H groups in total. The van der Waals surface area contributed by atoms with Crippen molar-refractivity contribution in [3.63, 3.8) is 0 Å².